The van der Waals surface area contributed by atoms with Crippen LogP contribution < -0.4 is 27.4 Å². The SMILES string of the molecule is CC(C)c1c(CN(C)C(C)Cc2ccccc2)n(C)n(-c2ccccc2)c1=O.CC(Cc1ccccc1)N(C)CCNc1nc2c(c(=O)n(C)c(=O)n2C)n1C.CCC(C(=O)OCCN1CCOC(c2ccccc2)C1C)c1ccccc1.CCNC1C2CCC(C2)C1c1ccccc1. The summed E-state index contributed by atoms with van der Waals surface area (Å²) >= 11 is 0. The molecule has 1 aliphatic heterocycles. The van der Waals surface area contributed by atoms with Gasteiger partial charge in [0.2, 0.25) is 5.95 Å². The number of likely N-dealkylation sites (N-methyl/N-ethyl adjacent to an activating group) is 3. The van der Waals surface area contributed by atoms with E-state index in [0.717, 1.165) is 103 Å². The number of imidazole rings is 1. The fourth-order valence-electron chi connectivity index (χ4n) is 14.9. The molecule has 6 aromatic carbocycles. The van der Waals surface area contributed by atoms with Gasteiger partial charge in [-0.3, -0.25) is 38.0 Å². The molecule has 2 N–H and O–H groups in total. The number of nitrogens with one attached hydrogen (secondary N) is 2. The highest BCUT2D eigenvalue weighted by atomic mass is 16.5. The first-order valence-corrected chi connectivity index (χ1v) is 35.9. The van der Waals surface area contributed by atoms with Crippen molar-refractivity contribution in [2.24, 2.45) is 40.0 Å². The number of aryl methyl sites for hydroxylation is 2. The Labute approximate surface area is 587 Å². The first-order valence-electron chi connectivity index (χ1n) is 35.9. The number of nitrogens with zero attached hydrogens (tertiary/aromatic N) is 9. The molecule has 0 radical (unpaired) electrons. The molecular weight excluding hydrogens is 1230 g/mol. The Kier molecular flexibility index (Phi) is 27.2. The van der Waals surface area contributed by atoms with Crippen LogP contribution in [0, 0.1) is 11.8 Å². The number of hydrogen-bond acceptors (Lipinski definition) is 12. The van der Waals surface area contributed by atoms with E-state index >= 15 is 0 Å². The van der Waals surface area contributed by atoms with E-state index in [-0.39, 0.29) is 46.8 Å². The van der Waals surface area contributed by atoms with E-state index in [4.69, 9.17) is 9.47 Å². The van der Waals surface area contributed by atoms with Crippen LogP contribution in [-0.2, 0) is 61.8 Å². The molecule has 0 spiro atoms. The maximum atomic E-state index is 13.2. The number of carbonyl (C=O) groups excluding carboxylic acids is 1. The maximum Gasteiger partial charge on any atom is 0.332 e. The topological polar surface area (TPSA) is 158 Å². The number of para-hydroxylation sites is 1. The minimum atomic E-state index is -0.378. The van der Waals surface area contributed by atoms with Crippen LogP contribution in [0.2, 0.25) is 0 Å². The molecule has 9 unspecified atom stereocenters. The predicted octanol–water partition coefficient (Wildman–Crippen LogP) is 12.7. The molecule has 3 fully saturated rings. The normalized spacial score (nSPS) is 19.0. The molecule has 4 heterocycles. The summed E-state index contributed by atoms with van der Waals surface area (Å²) < 4.78 is 19.7. The van der Waals surface area contributed by atoms with Gasteiger partial charge < -0.3 is 29.6 Å². The van der Waals surface area contributed by atoms with Gasteiger partial charge in [0, 0.05) is 96.6 Å². The molecule has 1 saturated heterocycles. The quantitative estimate of drug-likeness (QED) is 0.0553. The molecule has 17 heteroatoms. The predicted molar refractivity (Wildman–Crippen MR) is 402 cm³/mol. The second-order valence-electron chi connectivity index (χ2n) is 27.6. The van der Waals surface area contributed by atoms with Gasteiger partial charge >= 0.3 is 11.7 Å². The van der Waals surface area contributed by atoms with Crippen molar-refractivity contribution >= 4 is 23.1 Å². The molecule has 12 rings (SSSR count). The Morgan fingerprint density at radius 2 is 1.21 bits per heavy atom. The average molecular weight is 1340 g/mol. The number of ether oxygens (including phenoxy) is 2. The van der Waals surface area contributed by atoms with Crippen LogP contribution in [0.1, 0.15) is 137 Å². The van der Waals surface area contributed by atoms with Gasteiger partial charge in [0.05, 0.1) is 30.0 Å². The van der Waals surface area contributed by atoms with E-state index in [1.165, 1.54) is 47.6 Å². The van der Waals surface area contributed by atoms with E-state index in [1.54, 1.807) is 28.9 Å². The summed E-state index contributed by atoms with van der Waals surface area (Å²) in [7, 11) is 11.1. The number of carbonyl (C=O) groups is 1. The van der Waals surface area contributed by atoms with Crippen molar-refractivity contribution in [2.45, 2.75) is 142 Å². The highest BCUT2D eigenvalue weighted by Crippen LogP contribution is 2.53. The van der Waals surface area contributed by atoms with Crippen LogP contribution in [0.25, 0.3) is 16.9 Å². The number of anilines is 1. The van der Waals surface area contributed by atoms with E-state index < -0.39 is 0 Å². The number of morpholine rings is 1. The van der Waals surface area contributed by atoms with Crippen LogP contribution in [0.4, 0.5) is 5.95 Å². The maximum absolute atomic E-state index is 13.2. The Balaban J connectivity index is 0.000000157. The number of esters is 1. The lowest BCUT2D eigenvalue weighted by atomic mass is 9.80. The van der Waals surface area contributed by atoms with Crippen molar-refractivity contribution in [3.05, 3.63) is 252 Å². The monoisotopic (exact) mass is 1340 g/mol. The first-order chi connectivity index (χ1) is 47.8. The summed E-state index contributed by atoms with van der Waals surface area (Å²) in [6.07, 6.45) is 7.13. The molecular formula is C82H109N11O6. The highest BCUT2D eigenvalue weighted by molar-refractivity contribution is 5.78. The van der Waals surface area contributed by atoms with Crippen molar-refractivity contribution in [3.63, 3.8) is 0 Å². The zero-order valence-electron chi connectivity index (χ0n) is 61.0. The molecule has 9 atom stereocenters. The van der Waals surface area contributed by atoms with Gasteiger partial charge in [-0.15, -0.1) is 0 Å². The average Bonchev–Trinajstić information content (AvgIpc) is 1.65. The summed E-state index contributed by atoms with van der Waals surface area (Å²) in [6, 6.07) is 64.0. The summed E-state index contributed by atoms with van der Waals surface area (Å²) in [5, 5.41) is 7.02. The number of hydrogen-bond donors (Lipinski definition) is 2. The van der Waals surface area contributed by atoms with Gasteiger partial charge in [-0.2, -0.15) is 4.98 Å². The lowest BCUT2D eigenvalue weighted by Gasteiger charge is -2.39. The van der Waals surface area contributed by atoms with Crippen molar-refractivity contribution in [1.29, 1.82) is 0 Å². The third-order valence-electron chi connectivity index (χ3n) is 20.8. The zero-order chi connectivity index (χ0) is 70.7. The first kappa shape index (κ1) is 74.8. The summed E-state index contributed by atoms with van der Waals surface area (Å²) in [5.41, 5.74) is 9.51. The second kappa shape index (κ2) is 36.1. The summed E-state index contributed by atoms with van der Waals surface area (Å²) in [6.45, 7) is 21.1. The van der Waals surface area contributed by atoms with Crippen LogP contribution in [0.15, 0.2) is 196 Å². The van der Waals surface area contributed by atoms with Crippen molar-refractivity contribution < 1.29 is 14.3 Å². The van der Waals surface area contributed by atoms with Gasteiger partial charge in [0.25, 0.3) is 11.1 Å². The Hall–Kier alpha value is -8.45. The fourth-order valence-corrected chi connectivity index (χ4v) is 14.9. The second-order valence-corrected chi connectivity index (χ2v) is 27.6. The van der Waals surface area contributed by atoms with Gasteiger partial charge in [0.15, 0.2) is 11.2 Å². The smallest absolute Gasteiger partial charge is 0.332 e. The van der Waals surface area contributed by atoms with E-state index in [1.807, 2.05) is 104 Å². The third-order valence-corrected chi connectivity index (χ3v) is 20.8. The van der Waals surface area contributed by atoms with Gasteiger partial charge in [-0.05, 0) is 138 Å². The van der Waals surface area contributed by atoms with E-state index in [9.17, 15) is 19.2 Å². The highest BCUT2D eigenvalue weighted by Gasteiger charge is 2.47. The number of fused-ring (bicyclic) bond motifs is 3. The standard InChI is InChI=1S/C24H31N3O.C23H29NO3.C20H28N6O2.C15H21N/c1-18(2)23-22(17-25(4)19(3)16-20-12-8-6-9-13-20)26(5)27(24(23)28)21-14-10-7-11-15-21;1-3-21(19-10-6-4-7-11-19)23(25)27-17-15-24-14-16-26-22(18(24)2)20-12-8-5-9-13-20;1-14(13-15-9-7-6-8-10-15)23(2)12-11-21-19-22-17-16(24(19)3)18(27)26(5)20(28)25(17)4;1-2-16-15-13-9-8-12(10-13)14(15)11-6-4-3-5-7-11/h6-15,18-19H,16-17H2,1-5H3;4-13,18,21-22H,3,14-17H2,1-2H3;6-10,14H,11-13H2,1-5H3,(H,21,22);3-7,12-16H,2,8-10H2,1H3. The molecule has 2 bridgehead atoms. The van der Waals surface area contributed by atoms with Gasteiger partial charge in [0.1, 0.15) is 6.61 Å². The molecule has 9 aromatic rings. The van der Waals surface area contributed by atoms with Crippen LogP contribution in [0.3, 0.4) is 0 Å². The fraction of sp³-hybridized carbons (Fsp3) is 0.451. The number of rotatable bonds is 24. The molecule has 3 aromatic heterocycles. The van der Waals surface area contributed by atoms with Gasteiger partial charge in [-0.25, -0.2) is 9.48 Å². The van der Waals surface area contributed by atoms with Crippen LogP contribution in [-0.4, -0.2) is 133 Å². The van der Waals surface area contributed by atoms with Gasteiger partial charge in [-0.1, -0.05) is 198 Å². The van der Waals surface area contributed by atoms with Crippen molar-refractivity contribution in [2.75, 3.05) is 65.3 Å². The lowest BCUT2D eigenvalue weighted by Crippen LogP contribution is -2.47. The number of benzene rings is 6. The summed E-state index contributed by atoms with van der Waals surface area (Å²) in [4.78, 5) is 61.7. The Bertz CT molecular complexity index is 4120. The lowest BCUT2D eigenvalue weighted by molar-refractivity contribution is -0.147. The van der Waals surface area contributed by atoms with Crippen LogP contribution in [0.5, 0.6) is 0 Å². The minimum absolute atomic E-state index is 0.0587. The zero-order valence-corrected chi connectivity index (χ0v) is 61.0. The largest absolute Gasteiger partial charge is 0.464 e. The molecule has 2 saturated carbocycles. The third kappa shape index (κ3) is 18.7. The van der Waals surface area contributed by atoms with Crippen molar-refractivity contribution in [3.8, 4) is 5.69 Å². The molecule has 3 aliphatic rings. The van der Waals surface area contributed by atoms with E-state index in [2.05, 4.69) is 183 Å². The Morgan fingerprint density at radius 1 is 0.667 bits per heavy atom. The Morgan fingerprint density at radius 3 is 1.79 bits per heavy atom. The molecule has 17 nitrogen and oxygen atoms in total. The van der Waals surface area contributed by atoms with Crippen molar-refractivity contribution in [1.82, 2.24) is 48.1 Å². The van der Waals surface area contributed by atoms with E-state index in [0.29, 0.717) is 49.0 Å². The van der Waals surface area contributed by atoms with Crippen LogP contribution >= 0.6 is 0 Å². The molecule has 0 amide bonds. The molecule has 2 aliphatic carbocycles. The number of aromatic nitrogens is 6. The summed E-state index contributed by atoms with van der Waals surface area (Å²) in [5.74, 6) is 3.09. The molecule has 99 heavy (non-hydrogen) atoms. The minimum Gasteiger partial charge on any atom is -0.464 e. The molecule has 528 valence electrons.